The number of benzene rings is 3. The van der Waals surface area contributed by atoms with E-state index in [-0.39, 0.29) is 18.2 Å². The number of carbonyl (C=O) groups is 2. The Labute approximate surface area is 241 Å². The number of non-ortho nitro benzene ring substituents is 1. The first-order chi connectivity index (χ1) is 18.7. The van der Waals surface area contributed by atoms with Gasteiger partial charge in [-0.3, -0.25) is 19.7 Å². The smallest absolute Gasteiger partial charge is 0.281 e. The summed E-state index contributed by atoms with van der Waals surface area (Å²) in [6.45, 7) is 3.98. The van der Waals surface area contributed by atoms with Crippen molar-refractivity contribution in [2.24, 2.45) is 5.10 Å². The van der Waals surface area contributed by atoms with Gasteiger partial charge in [-0.2, -0.15) is 5.10 Å². The van der Waals surface area contributed by atoms with Gasteiger partial charge in [0, 0.05) is 27.9 Å². The predicted molar refractivity (Wildman–Crippen MR) is 159 cm³/mol. The van der Waals surface area contributed by atoms with E-state index in [0.717, 1.165) is 10.3 Å². The molecule has 10 nitrogen and oxygen atoms in total. The van der Waals surface area contributed by atoms with Crippen LogP contribution in [0.4, 0.5) is 11.4 Å². The van der Waals surface area contributed by atoms with Crippen LogP contribution in [-0.2, 0) is 4.79 Å². The molecule has 0 saturated carbocycles. The largest absolute Gasteiger partial charge is 0.490 e. The SMILES string of the molecule is CCOc1cc(/C=N\NC(=O)c2cc3cc([N+](=O)[O-])ccc3s2)cc(I)c1OCC(=O)Nc1ccc(C)cc1. The number of ether oxygens (including phenoxy) is 2. The highest BCUT2D eigenvalue weighted by molar-refractivity contribution is 14.1. The number of nitro groups is 1. The fourth-order valence-electron chi connectivity index (χ4n) is 3.51. The van der Waals surface area contributed by atoms with Gasteiger partial charge in [-0.15, -0.1) is 11.3 Å². The van der Waals surface area contributed by atoms with Gasteiger partial charge < -0.3 is 14.8 Å². The lowest BCUT2D eigenvalue weighted by Crippen LogP contribution is -2.20. The summed E-state index contributed by atoms with van der Waals surface area (Å²) in [4.78, 5) is 35.8. The summed E-state index contributed by atoms with van der Waals surface area (Å²) in [5, 5.41) is 18.4. The fourth-order valence-corrected chi connectivity index (χ4v) is 5.23. The molecule has 0 aliphatic heterocycles. The maximum absolute atomic E-state index is 12.6. The molecule has 0 bridgehead atoms. The average molecular weight is 658 g/mol. The second kappa shape index (κ2) is 12.7. The summed E-state index contributed by atoms with van der Waals surface area (Å²) in [5.74, 6) is 0.124. The van der Waals surface area contributed by atoms with Crippen LogP contribution in [0, 0.1) is 20.6 Å². The third-order valence-electron chi connectivity index (χ3n) is 5.33. The van der Waals surface area contributed by atoms with Crippen LogP contribution in [0.25, 0.3) is 10.1 Å². The van der Waals surface area contributed by atoms with Gasteiger partial charge in [0.05, 0.1) is 26.2 Å². The Bertz CT molecular complexity index is 1570. The number of amides is 2. The Balaban J connectivity index is 1.41. The van der Waals surface area contributed by atoms with Crippen molar-refractivity contribution in [3.8, 4) is 11.5 Å². The molecule has 0 aliphatic rings. The number of anilines is 1. The number of nitro benzene ring substituents is 1. The molecule has 0 fully saturated rings. The van der Waals surface area contributed by atoms with Crippen LogP contribution in [0.3, 0.4) is 0 Å². The molecule has 0 radical (unpaired) electrons. The molecule has 4 rings (SSSR count). The summed E-state index contributed by atoms with van der Waals surface area (Å²) in [7, 11) is 0. The van der Waals surface area contributed by atoms with Crippen molar-refractivity contribution in [3.63, 3.8) is 0 Å². The Morgan fingerprint density at radius 2 is 1.87 bits per heavy atom. The molecule has 200 valence electrons. The lowest BCUT2D eigenvalue weighted by Gasteiger charge is -2.14. The van der Waals surface area contributed by atoms with E-state index in [2.05, 4.69) is 38.4 Å². The molecular formula is C27H23IN4O6S. The van der Waals surface area contributed by atoms with Crippen LogP contribution < -0.4 is 20.2 Å². The molecule has 39 heavy (non-hydrogen) atoms. The molecule has 2 N–H and O–H groups in total. The van der Waals surface area contributed by atoms with Gasteiger partial charge in [0.2, 0.25) is 0 Å². The Hall–Kier alpha value is -4.04. The van der Waals surface area contributed by atoms with E-state index in [1.165, 1.54) is 29.7 Å². The number of hydrazone groups is 1. The van der Waals surface area contributed by atoms with Crippen molar-refractivity contribution in [1.82, 2.24) is 5.43 Å². The second-order valence-electron chi connectivity index (χ2n) is 8.25. The van der Waals surface area contributed by atoms with Gasteiger partial charge in [0.1, 0.15) is 0 Å². The van der Waals surface area contributed by atoms with E-state index in [9.17, 15) is 19.7 Å². The van der Waals surface area contributed by atoms with E-state index in [4.69, 9.17) is 9.47 Å². The molecule has 0 aliphatic carbocycles. The van der Waals surface area contributed by atoms with Crippen molar-refractivity contribution < 1.29 is 24.0 Å². The van der Waals surface area contributed by atoms with E-state index in [0.29, 0.717) is 43.2 Å². The number of halogens is 1. The maximum Gasteiger partial charge on any atom is 0.281 e. The van der Waals surface area contributed by atoms with Crippen LogP contribution in [0.5, 0.6) is 11.5 Å². The lowest BCUT2D eigenvalue weighted by molar-refractivity contribution is -0.384. The van der Waals surface area contributed by atoms with Gasteiger partial charge >= 0.3 is 0 Å². The quantitative estimate of drug-likeness (QED) is 0.0944. The van der Waals surface area contributed by atoms with Crippen molar-refractivity contribution in [2.45, 2.75) is 13.8 Å². The summed E-state index contributed by atoms with van der Waals surface area (Å²) in [6.07, 6.45) is 1.47. The minimum absolute atomic E-state index is 0.0377. The zero-order valence-electron chi connectivity index (χ0n) is 20.9. The van der Waals surface area contributed by atoms with Crippen molar-refractivity contribution in [1.29, 1.82) is 0 Å². The first-order valence-corrected chi connectivity index (χ1v) is 13.6. The highest BCUT2D eigenvalue weighted by atomic mass is 127. The van der Waals surface area contributed by atoms with E-state index in [1.54, 1.807) is 24.3 Å². The van der Waals surface area contributed by atoms with Gasteiger partial charge in [-0.25, -0.2) is 5.43 Å². The second-order valence-corrected chi connectivity index (χ2v) is 10.5. The molecule has 12 heteroatoms. The molecule has 0 spiro atoms. The fraction of sp³-hybridized carbons (Fsp3) is 0.148. The minimum atomic E-state index is -0.477. The van der Waals surface area contributed by atoms with Crippen molar-refractivity contribution >= 4 is 73.4 Å². The van der Waals surface area contributed by atoms with E-state index in [1.807, 2.05) is 38.1 Å². The number of hydrogen-bond acceptors (Lipinski definition) is 8. The minimum Gasteiger partial charge on any atom is -0.490 e. The molecule has 2 amide bonds. The Morgan fingerprint density at radius 3 is 2.59 bits per heavy atom. The molecule has 1 aromatic heterocycles. The molecule has 3 aromatic carbocycles. The Kier molecular flexibility index (Phi) is 9.09. The lowest BCUT2D eigenvalue weighted by atomic mass is 10.2. The summed E-state index contributed by atoms with van der Waals surface area (Å²) in [6, 6.07) is 17.0. The molecule has 0 unspecified atom stereocenters. The zero-order chi connectivity index (χ0) is 27.9. The number of hydrogen-bond donors (Lipinski definition) is 2. The number of fused-ring (bicyclic) bond motifs is 1. The van der Waals surface area contributed by atoms with E-state index < -0.39 is 10.8 Å². The standard InChI is InChI=1S/C27H23IN4O6S/c1-3-37-22-11-17(10-21(28)26(22)38-15-25(33)30-19-6-4-16(2)5-7-19)14-29-31-27(34)24-13-18-12-20(32(35)36)8-9-23(18)39-24/h4-14H,3,15H2,1-2H3,(H,30,33)(H,31,34)/b29-14-. The highest BCUT2D eigenvalue weighted by Crippen LogP contribution is 2.34. The number of nitrogens with one attached hydrogen (secondary N) is 2. The highest BCUT2D eigenvalue weighted by Gasteiger charge is 2.15. The summed E-state index contributed by atoms with van der Waals surface area (Å²) < 4.78 is 13.0. The Morgan fingerprint density at radius 1 is 1.10 bits per heavy atom. The van der Waals surface area contributed by atoms with Crippen LogP contribution in [0.2, 0.25) is 0 Å². The first-order valence-electron chi connectivity index (χ1n) is 11.7. The molecule has 4 aromatic rings. The van der Waals surface area contributed by atoms with Crippen molar-refractivity contribution in [2.75, 3.05) is 18.5 Å². The molecule has 0 atom stereocenters. The summed E-state index contributed by atoms with van der Waals surface area (Å²) in [5.41, 5.74) is 4.86. The third kappa shape index (κ3) is 7.29. The van der Waals surface area contributed by atoms with Crippen LogP contribution in [0.15, 0.2) is 65.8 Å². The average Bonchev–Trinajstić information content (AvgIpc) is 3.33. The topological polar surface area (TPSA) is 132 Å². The molecular weight excluding hydrogens is 635 g/mol. The van der Waals surface area contributed by atoms with E-state index >= 15 is 0 Å². The zero-order valence-corrected chi connectivity index (χ0v) is 23.9. The third-order valence-corrected chi connectivity index (χ3v) is 7.24. The van der Waals surface area contributed by atoms with Gasteiger partial charge in [-0.1, -0.05) is 17.7 Å². The number of nitrogens with zero attached hydrogens (tertiary/aromatic N) is 2. The van der Waals surface area contributed by atoms with Crippen LogP contribution in [0.1, 0.15) is 27.7 Å². The van der Waals surface area contributed by atoms with Crippen LogP contribution in [-0.4, -0.2) is 36.2 Å². The van der Waals surface area contributed by atoms with Gasteiger partial charge in [0.15, 0.2) is 18.1 Å². The predicted octanol–water partition coefficient (Wildman–Crippen LogP) is 5.90. The monoisotopic (exact) mass is 658 g/mol. The number of thiophene rings is 1. The number of aryl methyl sites for hydroxylation is 1. The summed E-state index contributed by atoms with van der Waals surface area (Å²) >= 11 is 3.30. The normalized spacial score (nSPS) is 10.9. The molecule has 1 heterocycles. The van der Waals surface area contributed by atoms with Gasteiger partial charge in [0.25, 0.3) is 17.5 Å². The van der Waals surface area contributed by atoms with Gasteiger partial charge in [-0.05, 0) is 78.4 Å². The van der Waals surface area contributed by atoms with Crippen LogP contribution >= 0.6 is 33.9 Å². The maximum atomic E-state index is 12.6. The first kappa shape index (κ1) is 28.0. The van der Waals surface area contributed by atoms with Crippen molar-refractivity contribution in [3.05, 3.63) is 90.4 Å². The molecule has 0 saturated heterocycles. The number of rotatable bonds is 10. The number of carbonyl (C=O) groups excluding carboxylic acids is 2.